The number of nitrogens with one attached hydrogen (secondary N) is 1. The number of rotatable bonds is 1. The first-order valence-electron chi connectivity index (χ1n) is 5.81. The molecule has 1 heterocycles. The van der Waals surface area contributed by atoms with Crippen LogP contribution in [0.15, 0.2) is 18.2 Å². The van der Waals surface area contributed by atoms with Crippen LogP contribution in [0.4, 0.5) is 0 Å². The smallest absolute Gasteiger partial charge is 0.0648 e. The minimum absolute atomic E-state index is 0.0275. The van der Waals surface area contributed by atoms with Crippen molar-refractivity contribution < 1.29 is 5.11 Å². The van der Waals surface area contributed by atoms with E-state index >= 15 is 0 Å². The predicted octanol–water partition coefficient (Wildman–Crippen LogP) is 2.00. The second kappa shape index (κ2) is 3.73. The number of aliphatic hydroxyl groups excluding tert-OH is 1. The molecule has 17 heavy (non-hydrogen) atoms. The van der Waals surface area contributed by atoms with Gasteiger partial charge >= 0.3 is 0 Å². The second-order valence-corrected chi connectivity index (χ2v) is 5.35. The average molecular weight is 251 g/mol. The Kier molecular flexibility index (Phi) is 2.43. The fourth-order valence-corrected chi connectivity index (χ4v) is 2.88. The summed E-state index contributed by atoms with van der Waals surface area (Å²) < 4.78 is 0. The third kappa shape index (κ3) is 1.66. The Morgan fingerprint density at radius 2 is 2.29 bits per heavy atom. The van der Waals surface area contributed by atoms with Gasteiger partial charge in [0.1, 0.15) is 0 Å². The van der Waals surface area contributed by atoms with Crippen LogP contribution < -0.4 is 5.73 Å². The van der Waals surface area contributed by atoms with Crippen LogP contribution in [0.5, 0.6) is 0 Å². The van der Waals surface area contributed by atoms with Gasteiger partial charge in [-0.15, -0.1) is 0 Å². The SMILES string of the molecule is NC1(CO)CCc2[nH]c3c(Cl)cccc3c2C1. The van der Waals surface area contributed by atoms with Gasteiger partial charge in [0, 0.05) is 16.6 Å². The van der Waals surface area contributed by atoms with Crippen LogP contribution in [0.25, 0.3) is 10.9 Å². The molecule has 90 valence electrons. The highest BCUT2D eigenvalue weighted by atomic mass is 35.5. The Hall–Kier alpha value is -1.03. The summed E-state index contributed by atoms with van der Waals surface area (Å²) >= 11 is 6.17. The summed E-state index contributed by atoms with van der Waals surface area (Å²) in [6, 6.07) is 5.89. The van der Waals surface area contributed by atoms with E-state index in [0.717, 1.165) is 28.8 Å². The van der Waals surface area contributed by atoms with Crippen LogP contribution in [-0.4, -0.2) is 22.2 Å². The van der Waals surface area contributed by atoms with Crippen molar-refractivity contribution in [2.75, 3.05) is 6.61 Å². The number of aromatic amines is 1. The van der Waals surface area contributed by atoms with Gasteiger partial charge in [-0.05, 0) is 30.9 Å². The van der Waals surface area contributed by atoms with Gasteiger partial charge in [0.15, 0.2) is 0 Å². The third-order valence-electron chi connectivity index (χ3n) is 3.70. The number of benzene rings is 1. The summed E-state index contributed by atoms with van der Waals surface area (Å²) in [7, 11) is 0. The predicted molar refractivity (Wildman–Crippen MR) is 69.3 cm³/mol. The molecule has 0 saturated carbocycles. The lowest BCUT2D eigenvalue weighted by Gasteiger charge is -2.31. The Labute approximate surface area is 105 Å². The van der Waals surface area contributed by atoms with Gasteiger partial charge in [0.2, 0.25) is 0 Å². The van der Waals surface area contributed by atoms with Crippen molar-refractivity contribution in [3.05, 3.63) is 34.5 Å². The molecular weight excluding hydrogens is 236 g/mol. The summed E-state index contributed by atoms with van der Waals surface area (Å²) in [6.45, 7) is 0.0275. The van der Waals surface area contributed by atoms with Gasteiger partial charge in [0.25, 0.3) is 0 Å². The number of nitrogens with two attached hydrogens (primary N) is 1. The number of aliphatic hydroxyl groups is 1. The number of halogens is 1. The maximum atomic E-state index is 9.38. The Balaban J connectivity index is 2.19. The van der Waals surface area contributed by atoms with E-state index < -0.39 is 5.54 Å². The first kappa shape index (κ1) is 11.1. The monoisotopic (exact) mass is 250 g/mol. The Morgan fingerprint density at radius 3 is 3.06 bits per heavy atom. The Bertz CT molecular complexity index is 578. The van der Waals surface area contributed by atoms with Crippen molar-refractivity contribution in [1.29, 1.82) is 0 Å². The van der Waals surface area contributed by atoms with Gasteiger partial charge in [-0.3, -0.25) is 0 Å². The van der Waals surface area contributed by atoms with Crippen molar-refractivity contribution in [3.63, 3.8) is 0 Å². The fraction of sp³-hybridized carbons (Fsp3) is 0.385. The van der Waals surface area contributed by atoms with E-state index in [1.54, 1.807) is 0 Å². The highest BCUT2D eigenvalue weighted by molar-refractivity contribution is 6.35. The minimum Gasteiger partial charge on any atom is -0.394 e. The van der Waals surface area contributed by atoms with Crippen molar-refractivity contribution in [2.45, 2.75) is 24.8 Å². The van der Waals surface area contributed by atoms with Gasteiger partial charge in [0.05, 0.1) is 17.1 Å². The number of aromatic nitrogens is 1. The maximum absolute atomic E-state index is 9.38. The van der Waals surface area contributed by atoms with E-state index in [-0.39, 0.29) is 6.61 Å². The molecule has 0 bridgehead atoms. The minimum atomic E-state index is -0.482. The number of aryl methyl sites for hydroxylation is 1. The van der Waals surface area contributed by atoms with Crippen LogP contribution in [0.2, 0.25) is 5.02 Å². The first-order valence-corrected chi connectivity index (χ1v) is 6.18. The molecule has 0 spiro atoms. The molecule has 1 aromatic carbocycles. The zero-order valence-corrected chi connectivity index (χ0v) is 10.2. The zero-order valence-electron chi connectivity index (χ0n) is 9.46. The van der Waals surface area contributed by atoms with Gasteiger partial charge in [-0.25, -0.2) is 0 Å². The molecule has 0 aliphatic heterocycles. The van der Waals surface area contributed by atoms with E-state index in [1.165, 1.54) is 11.3 Å². The molecular formula is C13H15ClN2O. The van der Waals surface area contributed by atoms with E-state index in [0.29, 0.717) is 6.42 Å². The summed E-state index contributed by atoms with van der Waals surface area (Å²) in [4.78, 5) is 3.38. The molecule has 1 aliphatic rings. The number of hydrogen-bond acceptors (Lipinski definition) is 2. The molecule has 3 rings (SSSR count). The number of para-hydroxylation sites is 1. The second-order valence-electron chi connectivity index (χ2n) is 4.94. The van der Waals surface area contributed by atoms with Crippen LogP contribution >= 0.6 is 11.6 Å². The molecule has 1 atom stereocenters. The number of fused-ring (bicyclic) bond motifs is 3. The lowest BCUT2D eigenvalue weighted by Crippen LogP contribution is -2.48. The molecule has 0 radical (unpaired) electrons. The van der Waals surface area contributed by atoms with E-state index in [4.69, 9.17) is 17.3 Å². The molecule has 3 nitrogen and oxygen atoms in total. The first-order chi connectivity index (χ1) is 8.13. The zero-order chi connectivity index (χ0) is 12.0. The van der Waals surface area contributed by atoms with Crippen LogP contribution in [0.1, 0.15) is 17.7 Å². The van der Waals surface area contributed by atoms with Gasteiger partial charge in [-0.2, -0.15) is 0 Å². The van der Waals surface area contributed by atoms with Gasteiger partial charge < -0.3 is 15.8 Å². The standard InChI is InChI=1S/C13H15ClN2O/c14-10-3-1-2-8-9-6-13(15,7-17)5-4-11(9)16-12(8)10/h1-3,16-17H,4-7,15H2. The van der Waals surface area contributed by atoms with E-state index in [9.17, 15) is 5.11 Å². The highest BCUT2D eigenvalue weighted by Gasteiger charge is 2.32. The van der Waals surface area contributed by atoms with Crippen molar-refractivity contribution in [3.8, 4) is 0 Å². The molecule has 0 saturated heterocycles. The number of hydrogen-bond donors (Lipinski definition) is 3. The van der Waals surface area contributed by atoms with Crippen molar-refractivity contribution in [2.24, 2.45) is 5.73 Å². The summed E-state index contributed by atoms with van der Waals surface area (Å²) in [6.07, 6.45) is 2.39. The molecule has 1 unspecified atom stereocenters. The lowest BCUT2D eigenvalue weighted by molar-refractivity contribution is 0.181. The summed E-state index contributed by atoms with van der Waals surface area (Å²) in [5.74, 6) is 0. The molecule has 0 fully saturated rings. The van der Waals surface area contributed by atoms with Crippen LogP contribution in [0, 0.1) is 0 Å². The van der Waals surface area contributed by atoms with E-state index in [1.807, 2.05) is 12.1 Å². The van der Waals surface area contributed by atoms with Crippen LogP contribution in [0.3, 0.4) is 0 Å². The topological polar surface area (TPSA) is 62.0 Å². The normalized spacial score (nSPS) is 23.9. The lowest BCUT2D eigenvalue weighted by atomic mass is 9.81. The Morgan fingerprint density at radius 1 is 1.47 bits per heavy atom. The summed E-state index contributed by atoms with van der Waals surface area (Å²) in [5.41, 5.74) is 9.09. The van der Waals surface area contributed by atoms with Crippen molar-refractivity contribution in [1.82, 2.24) is 4.98 Å². The molecule has 1 aliphatic carbocycles. The average Bonchev–Trinajstić information content (AvgIpc) is 2.69. The maximum Gasteiger partial charge on any atom is 0.0648 e. The van der Waals surface area contributed by atoms with E-state index in [2.05, 4.69) is 11.1 Å². The van der Waals surface area contributed by atoms with Crippen LogP contribution in [-0.2, 0) is 12.8 Å². The highest BCUT2D eigenvalue weighted by Crippen LogP contribution is 2.35. The fourth-order valence-electron chi connectivity index (χ4n) is 2.66. The quantitative estimate of drug-likeness (QED) is 0.725. The number of H-pyrrole nitrogens is 1. The largest absolute Gasteiger partial charge is 0.394 e. The molecule has 0 amide bonds. The van der Waals surface area contributed by atoms with Gasteiger partial charge in [-0.1, -0.05) is 23.7 Å². The third-order valence-corrected chi connectivity index (χ3v) is 4.01. The molecule has 2 aromatic rings. The molecule has 4 N–H and O–H groups in total. The van der Waals surface area contributed by atoms with Crippen molar-refractivity contribution >= 4 is 22.5 Å². The summed E-state index contributed by atoms with van der Waals surface area (Å²) in [5, 5.41) is 11.3. The molecule has 4 heteroatoms. The molecule has 1 aromatic heterocycles.